The van der Waals surface area contributed by atoms with Gasteiger partial charge in [-0.25, -0.2) is 8.78 Å². The van der Waals surface area contributed by atoms with E-state index in [1.54, 1.807) is 0 Å². The van der Waals surface area contributed by atoms with E-state index in [2.05, 4.69) is 5.32 Å². The van der Waals surface area contributed by atoms with E-state index >= 15 is 0 Å². The summed E-state index contributed by atoms with van der Waals surface area (Å²) in [7, 11) is -2.23. The third kappa shape index (κ3) is 3.32. The minimum atomic E-state index is -3.62. The fourth-order valence-corrected chi connectivity index (χ4v) is 3.38. The molecule has 20 heavy (non-hydrogen) atoms. The molecule has 0 atom stereocenters. The van der Waals surface area contributed by atoms with Crippen LogP contribution in [-0.2, 0) is 16.8 Å². The van der Waals surface area contributed by atoms with Gasteiger partial charge in [-0.05, 0) is 6.07 Å². The largest absolute Gasteiger partial charge is 0.314 e. The quantitative estimate of drug-likeness (QED) is 0.884. The van der Waals surface area contributed by atoms with E-state index in [1.807, 2.05) is 0 Å². The lowest BCUT2D eigenvalue weighted by Gasteiger charge is -2.30. The molecule has 1 aliphatic rings. The van der Waals surface area contributed by atoms with Crippen LogP contribution in [0.4, 0.5) is 8.78 Å². The van der Waals surface area contributed by atoms with Gasteiger partial charge < -0.3 is 5.32 Å². The van der Waals surface area contributed by atoms with Crippen molar-refractivity contribution in [3.63, 3.8) is 0 Å². The molecule has 8 heteroatoms. The van der Waals surface area contributed by atoms with Crippen LogP contribution < -0.4 is 5.32 Å². The van der Waals surface area contributed by atoms with Gasteiger partial charge in [-0.3, -0.25) is 0 Å². The summed E-state index contributed by atoms with van der Waals surface area (Å²) in [5.41, 5.74) is 0.146. The highest BCUT2D eigenvalue weighted by atomic mass is 32.2. The van der Waals surface area contributed by atoms with Crippen molar-refractivity contribution in [3.05, 3.63) is 35.4 Å². The van der Waals surface area contributed by atoms with Gasteiger partial charge in [-0.2, -0.15) is 17.0 Å². The smallest absolute Gasteiger partial charge is 0.282 e. The maximum atomic E-state index is 13.6. The van der Waals surface area contributed by atoms with Crippen molar-refractivity contribution >= 4 is 10.2 Å². The van der Waals surface area contributed by atoms with Gasteiger partial charge in [0.25, 0.3) is 10.2 Å². The Kier molecular flexibility index (Phi) is 4.69. The second kappa shape index (κ2) is 6.13. The first-order valence-corrected chi connectivity index (χ1v) is 7.67. The predicted molar refractivity (Wildman–Crippen MR) is 71.2 cm³/mol. The Morgan fingerprint density at radius 2 is 1.95 bits per heavy atom. The molecule has 1 aliphatic heterocycles. The maximum Gasteiger partial charge on any atom is 0.282 e. The molecular formula is C12H17F2N3O2S. The molecule has 1 fully saturated rings. The highest BCUT2D eigenvalue weighted by Crippen LogP contribution is 2.15. The van der Waals surface area contributed by atoms with Gasteiger partial charge in [-0.15, -0.1) is 0 Å². The molecule has 1 N–H and O–H groups in total. The molecule has 0 aromatic heterocycles. The molecule has 0 unspecified atom stereocenters. The second-order valence-corrected chi connectivity index (χ2v) is 6.68. The summed E-state index contributed by atoms with van der Waals surface area (Å²) in [5, 5.41) is 3.06. The van der Waals surface area contributed by atoms with E-state index in [1.165, 1.54) is 17.4 Å². The van der Waals surface area contributed by atoms with Crippen LogP contribution in [-0.4, -0.2) is 50.3 Å². The zero-order chi connectivity index (χ0) is 14.8. The Bertz CT molecular complexity index is 574. The monoisotopic (exact) mass is 305 g/mol. The lowest BCUT2D eigenvalue weighted by Crippen LogP contribution is -2.50. The van der Waals surface area contributed by atoms with Crippen molar-refractivity contribution in [3.8, 4) is 0 Å². The van der Waals surface area contributed by atoms with Gasteiger partial charge in [0.15, 0.2) is 0 Å². The van der Waals surface area contributed by atoms with Gasteiger partial charge in [-0.1, -0.05) is 6.07 Å². The number of halogens is 2. The summed E-state index contributed by atoms with van der Waals surface area (Å²) >= 11 is 0. The van der Waals surface area contributed by atoms with Crippen molar-refractivity contribution in [1.82, 2.24) is 13.9 Å². The van der Waals surface area contributed by atoms with Crippen LogP contribution in [0, 0.1) is 11.6 Å². The zero-order valence-corrected chi connectivity index (χ0v) is 12.0. The summed E-state index contributed by atoms with van der Waals surface area (Å²) in [4.78, 5) is 0. The van der Waals surface area contributed by atoms with Crippen LogP contribution >= 0.6 is 0 Å². The second-order valence-electron chi connectivity index (χ2n) is 4.65. The van der Waals surface area contributed by atoms with Crippen LogP contribution in [0.3, 0.4) is 0 Å². The summed E-state index contributed by atoms with van der Waals surface area (Å²) in [5.74, 6) is -1.42. The van der Waals surface area contributed by atoms with Gasteiger partial charge in [0.05, 0.1) is 0 Å². The molecule has 1 saturated heterocycles. The average Bonchev–Trinajstić information content (AvgIpc) is 2.42. The zero-order valence-electron chi connectivity index (χ0n) is 11.1. The number of benzene rings is 1. The lowest BCUT2D eigenvalue weighted by molar-refractivity contribution is 0.323. The minimum Gasteiger partial charge on any atom is -0.314 e. The Labute approximate surface area is 117 Å². The molecule has 0 spiro atoms. The van der Waals surface area contributed by atoms with Crippen LogP contribution in [0.2, 0.25) is 0 Å². The number of hydrogen-bond donors (Lipinski definition) is 1. The molecule has 1 aromatic rings. The van der Waals surface area contributed by atoms with Gasteiger partial charge in [0, 0.05) is 51.4 Å². The van der Waals surface area contributed by atoms with Gasteiger partial charge in [0.1, 0.15) is 11.6 Å². The van der Waals surface area contributed by atoms with Gasteiger partial charge in [0.2, 0.25) is 0 Å². The molecule has 2 rings (SSSR count). The Morgan fingerprint density at radius 3 is 2.55 bits per heavy atom. The van der Waals surface area contributed by atoms with Crippen molar-refractivity contribution in [1.29, 1.82) is 0 Å². The molecule has 1 heterocycles. The number of rotatable bonds is 4. The number of nitrogens with one attached hydrogen (secondary N) is 1. The first-order chi connectivity index (χ1) is 9.41. The Hall–Kier alpha value is -1.09. The van der Waals surface area contributed by atoms with Gasteiger partial charge >= 0.3 is 0 Å². The summed E-state index contributed by atoms with van der Waals surface area (Å²) in [6.07, 6.45) is 0. The molecule has 0 amide bonds. The highest BCUT2D eigenvalue weighted by molar-refractivity contribution is 7.86. The van der Waals surface area contributed by atoms with E-state index in [4.69, 9.17) is 0 Å². The SMILES string of the molecule is CN(Cc1ccc(F)cc1F)S(=O)(=O)N1CCNCC1. The Morgan fingerprint density at radius 1 is 1.30 bits per heavy atom. The molecule has 0 aliphatic carbocycles. The summed E-state index contributed by atoms with van der Waals surface area (Å²) < 4.78 is 53.4. The molecule has 1 aromatic carbocycles. The predicted octanol–water partition coefficient (Wildman–Crippen LogP) is 0.547. The van der Waals surface area contributed by atoms with E-state index in [-0.39, 0.29) is 12.1 Å². The van der Waals surface area contributed by atoms with Crippen LogP contribution in [0.25, 0.3) is 0 Å². The first-order valence-electron chi connectivity index (χ1n) is 6.27. The number of hydrogen-bond acceptors (Lipinski definition) is 3. The van der Waals surface area contributed by atoms with Crippen LogP contribution in [0.15, 0.2) is 18.2 Å². The van der Waals surface area contributed by atoms with Crippen molar-refractivity contribution in [2.45, 2.75) is 6.54 Å². The van der Waals surface area contributed by atoms with E-state index in [9.17, 15) is 17.2 Å². The normalized spacial score (nSPS) is 17.6. The fraction of sp³-hybridized carbons (Fsp3) is 0.500. The van der Waals surface area contributed by atoms with Crippen molar-refractivity contribution in [2.75, 3.05) is 33.2 Å². The highest BCUT2D eigenvalue weighted by Gasteiger charge is 2.28. The standard InChI is InChI=1S/C12H17F2N3O2S/c1-16(9-10-2-3-11(13)8-12(10)14)20(18,19)17-6-4-15-5-7-17/h2-3,8,15H,4-7,9H2,1H3. The van der Waals surface area contributed by atoms with E-state index < -0.39 is 21.8 Å². The van der Waals surface area contributed by atoms with E-state index in [0.29, 0.717) is 26.2 Å². The average molecular weight is 305 g/mol. The van der Waals surface area contributed by atoms with Crippen LogP contribution in [0.1, 0.15) is 5.56 Å². The minimum absolute atomic E-state index is 0.127. The third-order valence-corrected chi connectivity index (χ3v) is 5.14. The van der Waals surface area contributed by atoms with Crippen LogP contribution in [0.5, 0.6) is 0 Å². The summed E-state index contributed by atoms with van der Waals surface area (Å²) in [6.45, 7) is 1.84. The number of nitrogens with zero attached hydrogens (tertiary/aromatic N) is 2. The molecule has 0 saturated carbocycles. The van der Waals surface area contributed by atoms with Crippen molar-refractivity contribution < 1.29 is 17.2 Å². The molecule has 112 valence electrons. The maximum absolute atomic E-state index is 13.6. The lowest BCUT2D eigenvalue weighted by atomic mass is 10.2. The first kappa shape index (κ1) is 15.3. The number of piperazine rings is 1. The topological polar surface area (TPSA) is 52.7 Å². The molecule has 5 nitrogen and oxygen atoms in total. The van der Waals surface area contributed by atoms with E-state index in [0.717, 1.165) is 16.4 Å². The molecule has 0 radical (unpaired) electrons. The molecule has 0 bridgehead atoms. The fourth-order valence-electron chi connectivity index (χ4n) is 2.04. The Balaban J connectivity index is 2.12. The molecular weight excluding hydrogens is 288 g/mol. The third-order valence-electron chi connectivity index (χ3n) is 3.20. The van der Waals surface area contributed by atoms with Crippen molar-refractivity contribution in [2.24, 2.45) is 0 Å². The summed E-state index contributed by atoms with van der Waals surface area (Å²) in [6, 6.07) is 3.12.